The van der Waals surface area contributed by atoms with Gasteiger partial charge in [-0.2, -0.15) is 0 Å². The summed E-state index contributed by atoms with van der Waals surface area (Å²) in [5.41, 5.74) is 1.83. The summed E-state index contributed by atoms with van der Waals surface area (Å²) in [7, 11) is -2.89. The third kappa shape index (κ3) is 3.70. The highest BCUT2D eigenvalue weighted by atomic mass is 79.9. The third-order valence-electron chi connectivity index (χ3n) is 3.35. The van der Waals surface area contributed by atoms with E-state index in [0.29, 0.717) is 13.0 Å². The molecule has 19 heavy (non-hydrogen) atoms. The quantitative estimate of drug-likeness (QED) is 0.890. The molecule has 2 rings (SSSR count). The highest BCUT2D eigenvalue weighted by Gasteiger charge is 2.20. The molecule has 1 unspecified atom stereocenters. The number of benzene rings is 1. The summed E-state index contributed by atoms with van der Waals surface area (Å²) < 4.78 is 24.0. The average molecular weight is 348 g/mol. The number of nitrogens with zero attached hydrogens (tertiary/aromatic N) is 1. The number of rotatable bonds is 2. The van der Waals surface area contributed by atoms with Crippen LogP contribution in [0.25, 0.3) is 0 Å². The van der Waals surface area contributed by atoms with Crippen LogP contribution < -0.4 is 4.90 Å². The largest absolute Gasteiger partial charge is 0.389 e. The van der Waals surface area contributed by atoms with Crippen molar-refractivity contribution >= 4 is 31.5 Å². The molecular formula is C13H18BrNO3S. The molecule has 1 N–H and O–H groups in total. The van der Waals surface area contributed by atoms with E-state index in [4.69, 9.17) is 0 Å². The maximum absolute atomic E-state index is 11.6. The minimum absolute atomic E-state index is 0.211. The Hall–Kier alpha value is -0.590. The topological polar surface area (TPSA) is 57.6 Å². The molecule has 106 valence electrons. The maximum atomic E-state index is 11.6. The number of halogens is 1. The van der Waals surface area contributed by atoms with Crippen LogP contribution in [-0.4, -0.2) is 38.1 Å². The second-order valence-electron chi connectivity index (χ2n) is 4.87. The van der Waals surface area contributed by atoms with Gasteiger partial charge in [0.2, 0.25) is 0 Å². The zero-order valence-corrected chi connectivity index (χ0v) is 13.2. The zero-order valence-electron chi connectivity index (χ0n) is 10.8. The van der Waals surface area contributed by atoms with Crippen molar-refractivity contribution in [3.63, 3.8) is 0 Å². The van der Waals surface area contributed by atoms with Crippen LogP contribution in [0, 0.1) is 0 Å². The first kappa shape index (κ1) is 14.8. The summed E-state index contributed by atoms with van der Waals surface area (Å²) in [5, 5.41) is 9.60. The summed E-state index contributed by atoms with van der Waals surface area (Å²) in [5.74, 6) is 0.485. The van der Waals surface area contributed by atoms with Crippen molar-refractivity contribution in [2.45, 2.75) is 19.4 Å². The number of sulfone groups is 1. The Morgan fingerprint density at radius 2 is 2.05 bits per heavy atom. The smallest absolute Gasteiger partial charge is 0.152 e. The van der Waals surface area contributed by atoms with E-state index < -0.39 is 15.9 Å². The summed E-state index contributed by atoms with van der Waals surface area (Å²) >= 11 is 3.45. The van der Waals surface area contributed by atoms with Gasteiger partial charge in [0, 0.05) is 23.2 Å². The normalized spacial score (nSPS) is 20.9. The Balaban J connectivity index is 2.20. The molecule has 1 fully saturated rings. The molecule has 4 nitrogen and oxygen atoms in total. The molecule has 1 aromatic carbocycles. The van der Waals surface area contributed by atoms with Crippen molar-refractivity contribution in [3.05, 3.63) is 28.2 Å². The average Bonchev–Trinajstić information content (AvgIpc) is 2.49. The molecule has 1 aliphatic rings. The van der Waals surface area contributed by atoms with Crippen molar-refractivity contribution in [1.82, 2.24) is 0 Å². The summed E-state index contributed by atoms with van der Waals surface area (Å²) in [6.45, 7) is 3.00. The van der Waals surface area contributed by atoms with Crippen LogP contribution in [-0.2, 0) is 9.84 Å². The second kappa shape index (κ2) is 5.81. The van der Waals surface area contributed by atoms with Gasteiger partial charge < -0.3 is 10.0 Å². The molecule has 0 amide bonds. The predicted molar refractivity (Wildman–Crippen MR) is 80.3 cm³/mol. The molecule has 0 aromatic heterocycles. The van der Waals surface area contributed by atoms with Crippen LogP contribution in [0.1, 0.15) is 25.0 Å². The van der Waals surface area contributed by atoms with E-state index in [1.54, 1.807) is 6.92 Å². The third-order valence-corrected chi connectivity index (χ3v) is 5.76. The Bertz CT molecular complexity index is 557. The fourth-order valence-electron chi connectivity index (χ4n) is 2.25. The monoisotopic (exact) mass is 347 g/mol. The minimum Gasteiger partial charge on any atom is -0.389 e. The Labute approximate surface area is 122 Å². The van der Waals surface area contributed by atoms with Gasteiger partial charge in [-0.1, -0.05) is 22.0 Å². The zero-order chi connectivity index (χ0) is 14.0. The van der Waals surface area contributed by atoms with Crippen LogP contribution in [0.2, 0.25) is 0 Å². The van der Waals surface area contributed by atoms with Crippen LogP contribution in [0.5, 0.6) is 0 Å². The summed E-state index contributed by atoms with van der Waals surface area (Å²) in [4.78, 5) is 2.08. The van der Waals surface area contributed by atoms with Gasteiger partial charge in [0.25, 0.3) is 0 Å². The van der Waals surface area contributed by atoms with Gasteiger partial charge in [0.1, 0.15) is 0 Å². The van der Waals surface area contributed by atoms with Gasteiger partial charge in [-0.3, -0.25) is 0 Å². The van der Waals surface area contributed by atoms with Gasteiger partial charge >= 0.3 is 0 Å². The lowest BCUT2D eigenvalue weighted by Gasteiger charge is -2.23. The Morgan fingerprint density at radius 3 is 2.68 bits per heavy atom. The fraction of sp³-hybridized carbons (Fsp3) is 0.538. The van der Waals surface area contributed by atoms with E-state index in [9.17, 15) is 13.5 Å². The lowest BCUT2D eigenvalue weighted by atomic mass is 10.1. The van der Waals surface area contributed by atoms with E-state index in [1.807, 2.05) is 18.2 Å². The number of aliphatic hydroxyl groups is 1. The van der Waals surface area contributed by atoms with Crippen LogP contribution in [0.15, 0.2) is 22.7 Å². The first-order valence-corrected chi connectivity index (χ1v) is 8.93. The van der Waals surface area contributed by atoms with Gasteiger partial charge in [-0.05, 0) is 31.0 Å². The molecular weight excluding hydrogens is 330 g/mol. The van der Waals surface area contributed by atoms with Gasteiger partial charge in [0.05, 0.1) is 17.6 Å². The Morgan fingerprint density at radius 1 is 1.32 bits per heavy atom. The van der Waals surface area contributed by atoms with Crippen LogP contribution >= 0.6 is 15.9 Å². The molecule has 1 aliphatic heterocycles. The van der Waals surface area contributed by atoms with E-state index in [-0.39, 0.29) is 11.5 Å². The lowest BCUT2D eigenvalue weighted by Crippen LogP contribution is -2.26. The lowest BCUT2D eigenvalue weighted by molar-refractivity contribution is 0.198. The highest BCUT2D eigenvalue weighted by molar-refractivity contribution is 9.10. The second-order valence-corrected chi connectivity index (χ2v) is 8.03. The van der Waals surface area contributed by atoms with Crippen molar-refractivity contribution in [2.24, 2.45) is 0 Å². The van der Waals surface area contributed by atoms with E-state index in [0.717, 1.165) is 22.3 Å². The number of hydrogen-bond acceptors (Lipinski definition) is 4. The highest BCUT2D eigenvalue weighted by Crippen LogP contribution is 2.28. The molecule has 0 radical (unpaired) electrons. The van der Waals surface area contributed by atoms with Gasteiger partial charge in [-0.25, -0.2) is 8.42 Å². The van der Waals surface area contributed by atoms with Crippen molar-refractivity contribution in [2.75, 3.05) is 29.5 Å². The van der Waals surface area contributed by atoms with Crippen LogP contribution in [0.4, 0.5) is 5.69 Å². The molecule has 1 heterocycles. The number of hydrogen-bond donors (Lipinski definition) is 1. The number of anilines is 1. The van der Waals surface area contributed by atoms with Crippen molar-refractivity contribution < 1.29 is 13.5 Å². The van der Waals surface area contributed by atoms with Gasteiger partial charge in [0.15, 0.2) is 9.84 Å². The van der Waals surface area contributed by atoms with Crippen LogP contribution in [0.3, 0.4) is 0 Å². The van der Waals surface area contributed by atoms with Crippen molar-refractivity contribution in [3.8, 4) is 0 Å². The molecule has 1 saturated heterocycles. The molecule has 0 saturated carbocycles. The molecule has 1 aromatic rings. The van der Waals surface area contributed by atoms with Gasteiger partial charge in [-0.15, -0.1) is 0 Å². The first-order valence-electron chi connectivity index (χ1n) is 6.32. The van der Waals surface area contributed by atoms with E-state index in [1.165, 1.54) is 0 Å². The van der Waals surface area contributed by atoms with E-state index >= 15 is 0 Å². The fourth-order valence-corrected chi connectivity index (χ4v) is 4.22. The summed E-state index contributed by atoms with van der Waals surface area (Å²) in [6.07, 6.45) is 0.144. The molecule has 0 spiro atoms. The molecule has 6 heteroatoms. The van der Waals surface area contributed by atoms with E-state index in [2.05, 4.69) is 20.8 Å². The first-order chi connectivity index (χ1) is 8.89. The minimum atomic E-state index is -2.89. The predicted octanol–water partition coefficient (Wildman–Crippen LogP) is 2.13. The molecule has 0 aliphatic carbocycles. The number of aliphatic hydroxyl groups excluding tert-OH is 1. The molecule has 0 bridgehead atoms. The Kier molecular flexibility index (Phi) is 4.53. The molecule has 1 atom stereocenters. The standard InChI is InChI=1S/C13H18BrNO3S/c1-10(16)12-4-3-11(9-13(12)14)15-5-2-7-19(17,18)8-6-15/h3-4,9-10,16H,2,5-8H2,1H3. The summed E-state index contributed by atoms with van der Waals surface area (Å²) in [6, 6.07) is 5.76. The maximum Gasteiger partial charge on any atom is 0.152 e. The SMILES string of the molecule is CC(O)c1ccc(N2CCCS(=O)(=O)CC2)cc1Br. The van der Waals surface area contributed by atoms with Crippen molar-refractivity contribution in [1.29, 1.82) is 0 Å².